The molecule has 1 heterocycles. The summed E-state index contributed by atoms with van der Waals surface area (Å²) in [6.07, 6.45) is 0. The number of nitrogens with two attached hydrogens (primary N) is 1. The van der Waals surface area contributed by atoms with Gasteiger partial charge in [0.1, 0.15) is 0 Å². The zero-order chi connectivity index (χ0) is 16.6. The summed E-state index contributed by atoms with van der Waals surface area (Å²) in [6, 6.07) is 14.7. The Labute approximate surface area is 138 Å². The van der Waals surface area contributed by atoms with Crippen LogP contribution in [0.3, 0.4) is 0 Å². The van der Waals surface area contributed by atoms with Crippen LogP contribution >= 0.6 is 11.6 Å². The highest BCUT2D eigenvalue weighted by Crippen LogP contribution is 2.29. The molecule has 1 amide bonds. The number of alkyl halides is 1. The van der Waals surface area contributed by atoms with Gasteiger partial charge in [0.05, 0.1) is 11.4 Å². The molecule has 0 atom stereocenters. The highest BCUT2D eigenvalue weighted by molar-refractivity contribution is 6.32. The van der Waals surface area contributed by atoms with Crippen LogP contribution in [-0.2, 0) is 0 Å². The molecule has 1 aromatic heterocycles. The van der Waals surface area contributed by atoms with E-state index in [1.165, 1.54) is 0 Å². The fraction of sp³-hybridized carbons (Fsp3) is 0.111. The Balaban J connectivity index is 2.27. The summed E-state index contributed by atoms with van der Waals surface area (Å²) < 4.78 is 1.99. The van der Waals surface area contributed by atoms with Crippen molar-refractivity contribution < 1.29 is 9.59 Å². The van der Waals surface area contributed by atoms with Gasteiger partial charge in [-0.1, -0.05) is 18.2 Å². The predicted molar refractivity (Wildman–Crippen MR) is 91.6 cm³/mol. The lowest BCUT2D eigenvalue weighted by Crippen LogP contribution is -2.10. The SMILES string of the molecule is Cc1c(C(=O)CCl)c2ccccc2n1-c1ccc(C(N)=O)cc1. The van der Waals surface area contributed by atoms with E-state index in [9.17, 15) is 9.59 Å². The van der Waals surface area contributed by atoms with Gasteiger partial charge in [0.15, 0.2) is 5.78 Å². The van der Waals surface area contributed by atoms with E-state index in [4.69, 9.17) is 17.3 Å². The summed E-state index contributed by atoms with van der Waals surface area (Å²) in [5.41, 5.74) is 8.96. The van der Waals surface area contributed by atoms with Gasteiger partial charge in [-0.3, -0.25) is 9.59 Å². The molecule has 0 spiro atoms. The molecule has 0 aliphatic carbocycles. The number of para-hydroxylation sites is 1. The van der Waals surface area contributed by atoms with Crippen LogP contribution in [0.15, 0.2) is 48.5 Å². The molecule has 4 nitrogen and oxygen atoms in total. The second-order valence-corrected chi connectivity index (χ2v) is 5.55. The second kappa shape index (κ2) is 5.89. The Morgan fingerprint density at radius 1 is 1.09 bits per heavy atom. The van der Waals surface area contributed by atoms with E-state index in [-0.39, 0.29) is 11.7 Å². The first-order chi connectivity index (χ1) is 11.0. The largest absolute Gasteiger partial charge is 0.366 e. The number of rotatable bonds is 4. The monoisotopic (exact) mass is 326 g/mol. The van der Waals surface area contributed by atoms with Crippen LogP contribution in [0.1, 0.15) is 26.4 Å². The van der Waals surface area contributed by atoms with Gasteiger partial charge < -0.3 is 10.3 Å². The van der Waals surface area contributed by atoms with Crippen LogP contribution in [-0.4, -0.2) is 22.1 Å². The average molecular weight is 327 g/mol. The van der Waals surface area contributed by atoms with Crippen LogP contribution in [0.2, 0.25) is 0 Å². The molecule has 0 unspecified atom stereocenters. The number of aromatic nitrogens is 1. The second-order valence-electron chi connectivity index (χ2n) is 5.28. The van der Waals surface area contributed by atoms with Gasteiger partial charge in [-0.05, 0) is 37.3 Å². The number of halogens is 1. The minimum atomic E-state index is -0.469. The molecule has 0 fully saturated rings. The summed E-state index contributed by atoms with van der Waals surface area (Å²) in [5, 5.41) is 0.870. The first-order valence-corrected chi connectivity index (χ1v) is 7.67. The third-order valence-electron chi connectivity index (χ3n) is 3.92. The minimum Gasteiger partial charge on any atom is -0.366 e. The van der Waals surface area contributed by atoms with Crippen LogP contribution in [0.5, 0.6) is 0 Å². The van der Waals surface area contributed by atoms with Crippen molar-refractivity contribution in [3.63, 3.8) is 0 Å². The Kier molecular flexibility index (Phi) is 3.92. The molecular weight excluding hydrogens is 312 g/mol. The minimum absolute atomic E-state index is 0.0601. The number of Topliss-reactive ketones (excluding diaryl/α,β-unsaturated/α-hetero) is 1. The molecule has 0 saturated carbocycles. The highest BCUT2D eigenvalue weighted by atomic mass is 35.5. The molecule has 5 heteroatoms. The van der Waals surface area contributed by atoms with Gasteiger partial charge >= 0.3 is 0 Å². The maximum absolute atomic E-state index is 12.2. The topological polar surface area (TPSA) is 65.1 Å². The van der Waals surface area contributed by atoms with Crippen molar-refractivity contribution in [2.75, 3.05) is 5.88 Å². The van der Waals surface area contributed by atoms with Gasteiger partial charge in [-0.2, -0.15) is 0 Å². The summed E-state index contributed by atoms with van der Waals surface area (Å²) in [5.74, 6) is -0.633. The zero-order valence-electron chi connectivity index (χ0n) is 12.5. The predicted octanol–water partition coefficient (Wildman–Crippen LogP) is 3.46. The van der Waals surface area contributed by atoms with Gasteiger partial charge in [-0.15, -0.1) is 11.6 Å². The van der Waals surface area contributed by atoms with Crippen molar-refractivity contribution in [1.82, 2.24) is 4.57 Å². The van der Waals surface area contributed by atoms with E-state index in [1.807, 2.05) is 47.9 Å². The number of carbonyl (C=O) groups excluding carboxylic acids is 2. The Morgan fingerprint density at radius 3 is 2.35 bits per heavy atom. The van der Waals surface area contributed by atoms with E-state index < -0.39 is 5.91 Å². The number of nitrogens with zero attached hydrogens (tertiary/aromatic N) is 1. The fourth-order valence-electron chi connectivity index (χ4n) is 2.89. The standard InChI is InChI=1S/C18H15ClN2O2/c1-11-17(16(22)10-19)14-4-2-3-5-15(14)21(11)13-8-6-12(7-9-13)18(20)23/h2-9H,10H2,1H3,(H2,20,23). The summed E-state index contributed by atoms with van der Waals surface area (Å²) in [4.78, 5) is 23.4. The molecule has 0 saturated heterocycles. The molecule has 2 aromatic carbocycles. The molecule has 3 rings (SSSR count). The Bertz CT molecular complexity index is 911. The van der Waals surface area contributed by atoms with Crippen molar-refractivity contribution in [3.8, 4) is 5.69 Å². The number of ketones is 1. The number of hydrogen-bond donors (Lipinski definition) is 1. The average Bonchev–Trinajstić information content (AvgIpc) is 2.86. The van der Waals surface area contributed by atoms with E-state index in [0.717, 1.165) is 22.3 Å². The van der Waals surface area contributed by atoms with Crippen LogP contribution in [0.25, 0.3) is 16.6 Å². The molecule has 3 aromatic rings. The van der Waals surface area contributed by atoms with Crippen molar-refractivity contribution in [2.24, 2.45) is 5.73 Å². The molecule has 0 aliphatic heterocycles. The number of fused-ring (bicyclic) bond motifs is 1. The van der Waals surface area contributed by atoms with Gasteiger partial charge in [0.25, 0.3) is 0 Å². The lowest BCUT2D eigenvalue weighted by molar-refractivity contribution is 0.0997. The Hall–Kier alpha value is -2.59. The summed E-state index contributed by atoms with van der Waals surface area (Å²) in [6.45, 7) is 1.89. The van der Waals surface area contributed by atoms with Crippen molar-refractivity contribution >= 4 is 34.2 Å². The molecular formula is C18H15ClN2O2. The van der Waals surface area contributed by atoms with Crippen LogP contribution in [0.4, 0.5) is 0 Å². The number of benzene rings is 2. The quantitative estimate of drug-likeness (QED) is 0.589. The van der Waals surface area contributed by atoms with E-state index in [2.05, 4.69) is 0 Å². The summed E-state index contributed by atoms with van der Waals surface area (Å²) >= 11 is 5.76. The van der Waals surface area contributed by atoms with Crippen LogP contribution in [0, 0.1) is 6.92 Å². The molecule has 116 valence electrons. The van der Waals surface area contributed by atoms with Crippen molar-refractivity contribution in [2.45, 2.75) is 6.92 Å². The number of primary amides is 1. The first kappa shape index (κ1) is 15.3. The molecule has 2 N–H and O–H groups in total. The maximum Gasteiger partial charge on any atom is 0.248 e. The summed E-state index contributed by atoms with van der Waals surface area (Å²) in [7, 11) is 0. The lowest BCUT2D eigenvalue weighted by Gasteiger charge is -2.09. The third kappa shape index (κ3) is 2.51. The zero-order valence-corrected chi connectivity index (χ0v) is 13.3. The third-order valence-corrected chi connectivity index (χ3v) is 4.16. The molecule has 0 bridgehead atoms. The van der Waals surface area contributed by atoms with E-state index in [1.54, 1.807) is 12.1 Å². The maximum atomic E-state index is 12.2. The van der Waals surface area contributed by atoms with Crippen LogP contribution < -0.4 is 5.73 Å². The van der Waals surface area contributed by atoms with Crippen molar-refractivity contribution in [3.05, 3.63) is 65.4 Å². The fourth-order valence-corrected chi connectivity index (χ4v) is 3.03. The molecule has 0 radical (unpaired) electrons. The molecule has 0 aliphatic rings. The number of amides is 1. The van der Waals surface area contributed by atoms with Crippen molar-refractivity contribution in [1.29, 1.82) is 0 Å². The van der Waals surface area contributed by atoms with Gasteiger partial charge in [0.2, 0.25) is 5.91 Å². The number of carbonyl (C=O) groups is 2. The lowest BCUT2D eigenvalue weighted by atomic mass is 10.1. The van der Waals surface area contributed by atoms with E-state index in [0.29, 0.717) is 11.1 Å². The Morgan fingerprint density at radius 2 is 1.74 bits per heavy atom. The molecule has 23 heavy (non-hydrogen) atoms. The normalized spacial score (nSPS) is 10.9. The van der Waals surface area contributed by atoms with Gasteiger partial charge in [-0.25, -0.2) is 0 Å². The highest BCUT2D eigenvalue weighted by Gasteiger charge is 2.19. The van der Waals surface area contributed by atoms with E-state index >= 15 is 0 Å². The first-order valence-electron chi connectivity index (χ1n) is 7.14. The number of hydrogen-bond acceptors (Lipinski definition) is 2. The smallest absolute Gasteiger partial charge is 0.248 e. The van der Waals surface area contributed by atoms with Gasteiger partial charge in [0, 0.05) is 27.9 Å².